The minimum atomic E-state index is 0.162. The highest BCUT2D eigenvalue weighted by Crippen LogP contribution is 2.32. The van der Waals surface area contributed by atoms with Crippen molar-refractivity contribution in [2.75, 3.05) is 20.3 Å². The number of hydrogen-bond donors (Lipinski definition) is 1. The van der Waals surface area contributed by atoms with Gasteiger partial charge in [0.05, 0.1) is 31.1 Å². The van der Waals surface area contributed by atoms with Crippen molar-refractivity contribution < 1.29 is 9.47 Å². The maximum Gasteiger partial charge on any atom is 0.161 e. The highest BCUT2D eigenvalue weighted by atomic mass is 16.5. The summed E-state index contributed by atoms with van der Waals surface area (Å²) in [6.07, 6.45) is 4.24. The van der Waals surface area contributed by atoms with Gasteiger partial charge in [-0.25, -0.2) is 0 Å². The van der Waals surface area contributed by atoms with E-state index < -0.39 is 0 Å². The smallest absolute Gasteiger partial charge is 0.161 e. The van der Waals surface area contributed by atoms with Gasteiger partial charge in [0.25, 0.3) is 0 Å². The van der Waals surface area contributed by atoms with E-state index in [-0.39, 0.29) is 12.1 Å². The van der Waals surface area contributed by atoms with Gasteiger partial charge in [-0.05, 0) is 26.3 Å². The fourth-order valence-corrected chi connectivity index (χ4v) is 2.59. The number of hydrogen-bond acceptors (Lipinski definition) is 4. The van der Waals surface area contributed by atoms with E-state index in [1.165, 1.54) is 0 Å². The van der Waals surface area contributed by atoms with Crippen molar-refractivity contribution in [3.8, 4) is 5.75 Å². The van der Waals surface area contributed by atoms with Crippen molar-refractivity contribution in [2.45, 2.75) is 45.4 Å². The number of nitrogens with zero attached hydrogens (tertiary/aromatic N) is 2. The Hall–Kier alpha value is -1.07. The predicted molar refractivity (Wildman–Crippen MR) is 69.8 cm³/mol. The Morgan fingerprint density at radius 3 is 3.00 bits per heavy atom. The van der Waals surface area contributed by atoms with Crippen LogP contribution in [-0.2, 0) is 11.3 Å². The van der Waals surface area contributed by atoms with Crippen LogP contribution in [0.15, 0.2) is 6.20 Å². The quantitative estimate of drug-likeness (QED) is 0.839. The van der Waals surface area contributed by atoms with E-state index in [0.29, 0.717) is 0 Å². The summed E-state index contributed by atoms with van der Waals surface area (Å²) in [5.74, 6) is 0.846. The Bertz CT molecular complexity index is 351. The second-order valence-electron chi connectivity index (χ2n) is 4.50. The fraction of sp³-hybridized carbons (Fsp3) is 0.769. The van der Waals surface area contributed by atoms with E-state index >= 15 is 0 Å². The molecule has 5 nitrogen and oxygen atoms in total. The van der Waals surface area contributed by atoms with Crippen LogP contribution in [0.3, 0.4) is 0 Å². The van der Waals surface area contributed by atoms with Crippen LogP contribution in [0, 0.1) is 0 Å². The van der Waals surface area contributed by atoms with E-state index in [0.717, 1.165) is 44.0 Å². The maximum absolute atomic E-state index is 5.83. The molecule has 1 aromatic rings. The third-order valence-electron chi connectivity index (χ3n) is 3.42. The molecule has 1 aliphatic heterocycles. The van der Waals surface area contributed by atoms with Gasteiger partial charge in [0.15, 0.2) is 5.75 Å². The van der Waals surface area contributed by atoms with Crippen molar-refractivity contribution in [3.63, 3.8) is 0 Å². The molecule has 2 atom stereocenters. The third kappa shape index (κ3) is 2.52. The number of ether oxygens (including phenoxy) is 2. The molecule has 2 rings (SSSR count). The summed E-state index contributed by atoms with van der Waals surface area (Å²) in [6, 6.07) is 0.162. The zero-order valence-electron chi connectivity index (χ0n) is 11.5. The first kappa shape index (κ1) is 13.4. The molecule has 18 heavy (non-hydrogen) atoms. The van der Waals surface area contributed by atoms with Crippen LogP contribution < -0.4 is 10.1 Å². The van der Waals surface area contributed by atoms with Crippen molar-refractivity contribution >= 4 is 0 Å². The van der Waals surface area contributed by atoms with Gasteiger partial charge in [-0.2, -0.15) is 5.10 Å². The first-order valence-electron chi connectivity index (χ1n) is 6.76. The lowest BCUT2D eigenvalue weighted by molar-refractivity contribution is 0.0751. The molecule has 1 fully saturated rings. The SMILES string of the molecule is CCNC(c1c(OC)cnn1CC)C1CCCO1. The highest BCUT2D eigenvalue weighted by molar-refractivity contribution is 5.29. The van der Waals surface area contributed by atoms with E-state index in [9.17, 15) is 0 Å². The van der Waals surface area contributed by atoms with Gasteiger partial charge in [-0.1, -0.05) is 6.92 Å². The lowest BCUT2D eigenvalue weighted by atomic mass is 10.0. The average Bonchev–Trinajstić information content (AvgIpc) is 3.04. The second-order valence-corrected chi connectivity index (χ2v) is 4.50. The molecule has 0 radical (unpaired) electrons. The van der Waals surface area contributed by atoms with E-state index in [1.54, 1.807) is 13.3 Å². The van der Waals surface area contributed by atoms with Crippen molar-refractivity contribution in [3.05, 3.63) is 11.9 Å². The van der Waals surface area contributed by atoms with E-state index in [1.807, 2.05) is 4.68 Å². The number of rotatable bonds is 6. The molecule has 1 N–H and O–H groups in total. The molecule has 102 valence electrons. The van der Waals surface area contributed by atoms with E-state index in [2.05, 4.69) is 24.3 Å². The van der Waals surface area contributed by atoms with Gasteiger partial charge >= 0.3 is 0 Å². The predicted octanol–water partition coefficient (Wildman–Crippen LogP) is 1.74. The normalized spacial score (nSPS) is 21.2. The Morgan fingerprint density at radius 2 is 2.44 bits per heavy atom. The van der Waals surface area contributed by atoms with Gasteiger partial charge in [-0.3, -0.25) is 4.68 Å². The van der Waals surface area contributed by atoms with Crippen LogP contribution in [0.4, 0.5) is 0 Å². The summed E-state index contributed by atoms with van der Waals surface area (Å²) in [4.78, 5) is 0. The van der Waals surface area contributed by atoms with Gasteiger partial charge in [0.1, 0.15) is 0 Å². The largest absolute Gasteiger partial charge is 0.493 e. The Kier molecular flexibility index (Phi) is 4.60. The number of aromatic nitrogens is 2. The first-order valence-corrected chi connectivity index (χ1v) is 6.76. The van der Waals surface area contributed by atoms with Crippen LogP contribution in [0.2, 0.25) is 0 Å². The lowest BCUT2D eigenvalue weighted by Crippen LogP contribution is -2.33. The van der Waals surface area contributed by atoms with Gasteiger partial charge in [0.2, 0.25) is 0 Å². The summed E-state index contributed by atoms with van der Waals surface area (Å²) < 4.78 is 13.3. The molecule has 1 aromatic heterocycles. The zero-order valence-corrected chi connectivity index (χ0v) is 11.5. The summed E-state index contributed by atoms with van der Waals surface area (Å²) in [7, 11) is 1.69. The molecule has 0 spiro atoms. The monoisotopic (exact) mass is 253 g/mol. The van der Waals surface area contributed by atoms with Crippen LogP contribution >= 0.6 is 0 Å². The molecule has 1 aliphatic rings. The number of nitrogens with one attached hydrogen (secondary N) is 1. The minimum absolute atomic E-state index is 0.162. The highest BCUT2D eigenvalue weighted by Gasteiger charge is 2.31. The molecule has 0 aromatic carbocycles. The lowest BCUT2D eigenvalue weighted by Gasteiger charge is -2.25. The molecule has 0 bridgehead atoms. The molecule has 1 saturated heterocycles. The first-order chi connectivity index (χ1) is 8.81. The average molecular weight is 253 g/mol. The standard InChI is InChI=1S/C13H23N3O2/c1-4-14-12(10-7-6-8-18-10)13-11(17-3)9-15-16(13)5-2/h9-10,12,14H,4-8H2,1-3H3. The summed E-state index contributed by atoms with van der Waals surface area (Å²) >= 11 is 0. The van der Waals surface area contributed by atoms with Crippen molar-refractivity contribution in [1.29, 1.82) is 0 Å². The summed E-state index contributed by atoms with van der Waals surface area (Å²) in [6.45, 7) is 6.81. The molecule has 0 aliphatic carbocycles. The van der Waals surface area contributed by atoms with Crippen LogP contribution in [0.5, 0.6) is 5.75 Å². The number of aryl methyl sites for hydroxylation is 1. The molecule has 0 amide bonds. The van der Waals surface area contributed by atoms with Crippen LogP contribution in [-0.4, -0.2) is 36.1 Å². The topological polar surface area (TPSA) is 48.3 Å². The molecule has 0 saturated carbocycles. The molecule has 2 heterocycles. The maximum atomic E-state index is 5.83. The molecular weight excluding hydrogens is 230 g/mol. The van der Waals surface area contributed by atoms with Gasteiger partial charge in [0, 0.05) is 13.2 Å². The third-order valence-corrected chi connectivity index (χ3v) is 3.42. The van der Waals surface area contributed by atoms with Gasteiger partial charge in [-0.15, -0.1) is 0 Å². The molecule has 2 unspecified atom stereocenters. The minimum Gasteiger partial charge on any atom is -0.493 e. The zero-order chi connectivity index (χ0) is 13.0. The number of likely N-dealkylation sites (N-methyl/N-ethyl adjacent to an activating group) is 1. The Balaban J connectivity index is 2.30. The van der Waals surface area contributed by atoms with Crippen molar-refractivity contribution in [1.82, 2.24) is 15.1 Å². The second kappa shape index (κ2) is 6.20. The Labute approximate surface area is 108 Å². The summed E-state index contributed by atoms with van der Waals surface area (Å²) in [5, 5.41) is 7.89. The van der Waals surface area contributed by atoms with Crippen LogP contribution in [0.25, 0.3) is 0 Å². The summed E-state index contributed by atoms with van der Waals surface area (Å²) in [5.41, 5.74) is 1.11. The fourth-order valence-electron chi connectivity index (χ4n) is 2.59. The van der Waals surface area contributed by atoms with Gasteiger partial charge < -0.3 is 14.8 Å². The molecule has 5 heteroatoms. The Morgan fingerprint density at radius 1 is 1.61 bits per heavy atom. The van der Waals surface area contributed by atoms with Crippen molar-refractivity contribution in [2.24, 2.45) is 0 Å². The molecular formula is C13H23N3O2. The van der Waals surface area contributed by atoms with E-state index in [4.69, 9.17) is 9.47 Å². The van der Waals surface area contributed by atoms with Crippen LogP contribution in [0.1, 0.15) is 38.4 Å². The number of methoxy groups -OCH3 is 1.